The third-order valence-electron chi connectivity index (χ3n) is 5.13. The number of anilines is 3. The van der Waals surface area contributed by atoms with Crippen LogP contribution in [0.25, 0.3) is 0 Å². The molecule has 25 heavy (non-hydrogen) atoms. The molecule has 0 amide bonds. The van der Waals surface area contributed by atoms with E-state index in [1.807, 2.05) is 0 Å². The number of aliphatic carboxylic acids is 1. The number of piperidine rings is 1. The third-order valence-corrected chi connectivity index (χ3v) is 5.13. The van der Waals surface area contributed by atoms with Crippen molar-refractivity contribution in [2.75, 3.05) is 35.6 Å². The summed E-state index contributed by atoms with van der Waals surface area (Å²) in [5.74, 6) is 0.398. The van der Waals surface area contributed by atoms with Crippen molar-refractivity contribution in [2.24, 2.45) is 5.92 Å². The lowest BCUT2D eigenvalue weighted by atomic mass is 9.97. The van der Waals surface area contributed by atoms with Crippen LogP contribution in [0.4, 0.5) is 17.3 Å². The monoisotopic (exact) mass is 345 g/mol. The summed E-state index contributed by atoms with van der Waals surface area (Å²) in [5.41, 5.74) is 8.33. The highest BCUT2D eigenvalue weighted by Crippen LogP contribution is 2.30. The predicted octanol–water partition coefficient (Wildman–Crippen LogP) is 2.66. The summed E-state index contributed by atoms with van der Waals surface area (Å²) >= 11 is 0. The maximum Gasteiger partial charge on any atom is 0.306 e. The number of hydrogen-bond donors (Lipinski definition) is 3. The van der Waals surface area contributed by atoms with E-state index >= 15 is 0 Å². The average molecular weight is 345 g/mol. The molecular formula is C18H27N5O2. The minimum absolute atomic E-state index is 0.263. The number of nitrogens with one attached hydrogen (secondary N) is 1. The molecule has 0 saturated carbocycles. The van der Waals surface area contributed by atoms with Crippen molar-refractivity contribution in [1.82, 2.24) is 9.97 Å². The summed E-state index contributed by atoms with van der Waals surface area (Å²) in [5, 5.41) is 12.4. The van der Waals surface area contributed by atoms with Gasteiger partial charge in [-0.05, 0) is 44.9 Å². The van der Waals surface area contributed by atoms with Crippen molar-refractivity contribution >= 4 is 23.3 Å². The number of aromatic nitrogens is 2. The van der Waals surface area contributed by atoms with Gasteiger partial charge in [0.1, 0.15) is 12.0 Å². The van der Waals surface area contributed by atoms with Crippen molar-refractivity contribution in [2.45, 2.75) is 44.9 Å². The van der Waals surface area contributed by atoms with Crippen LogP contribution in [-0.2, 0) is 4.79 Å². The number of carboxylic acids is 1. The molecule has 1 saturated heterocycles. The van der Waals surface area contributed by atoms with Crippen LogP contribution in [0.5, 0.6) is 0 Å². The van der Waals surface area contributed by atoms with Crippen molar-refractivity contribution in [3.8, 4) is 0 Å². The molecule has 1 fully saturated rings. The molecule has 2 heterocycles. The predicted molar refractivity (Wildman–Crippen MR) is 98.7 cm³/mol. The van der Waals surface area contributed by atoms with E-state index in [9.17, 15) is 4.79 Å². The van der Waals surface area contributed by atoms with E-state index in [-0.39, 0.29) is 5.92 Å². The summed E-state index contributed by atoms with van der Waals surface area (Å²) < 4.78 is 0. The normalized spacial score (nSPS) is 18.7. The SMILES string of the molecule is Nc1c(NCCC2=CCCCC2)ncnc1N1CCC(C(=O)O)CC1. The molecule has 7 heteroatoms. The molecule has 7 nitrogen and oxygen atoms in total. The first-order valence-corrected chi connectivity index (χ1v) is 9.15. The maximum atomic E-state index is 11.1. The van der Waals surface area contributed by atoms with Gasteiger partial charge in [-0.15, -0.1) is 0 Å². The van der Waals surface area contributed by atoms with Crippen molar-refractivity contribution in [1.29, 1.82) is 0 Å². The smallest absolute Gasteiger partial charge is 0.306 e. The second-order valence-electron chi connectivity index (χ2n) is 6.84. The quantitative estimate of drug-likeness (QED) is 0.681. The molecule has 0 spiro atoms. The average Bonchev–Trinajstić information content (AvgIpc) is 2.64. The van der Waals surface area contributed by atoms with Crippen molar-refractivity contribution in [3.05, 3.63) is 18.0 Å². The summed E-state index contributed by atoms with van der Waals surface area (Å²) in [7, 11) is 0. The molecule has 0 aromatic carbocycles. The Labute approximate surface area is 148 Å². The minimum Gasteiger partial charge on any atom is -0.481 e. The Bertz CT molecular complexity index is 638. The van der Waals surface area contributed by atoms with Gasteiger partial charge in [0.15, 0.2) is 11.6 Å². The van der Waals surface area contributed by atoms with Crippen LogP contribution in [0.15, 0.2) is 18.0 Å². The Hall–Kier alpha value is -2.31. The summed E-state index contributed by atoms with van der Waals surface area (Å²) in [4.78, 5) is 21.7. The first kappa shape index (κ1) is 17.5. The summed E-state index contributed by atoms with van der Waals surface area (Å²) in [6.07, 6.45) is 11.1. The van der Waals surface area contributed by atoms with Crippen LogP contribution < -0.4 is 16.0 Å². The van der Waals surface area contributed by atoms with E-state index in [4.69, 9.17) is 10.8 Å². The van der Waals surface area contributed by atoms with Gasteiger partial charge in [0.25, 0.3) is 0 Å². The first-order chi connectivity index (χ1) is 12.1. The van der Waals surface area contributed by atoms with E-state index in [0.717, 1.165) is 13.0 Å². The number of hydrogen-bond acceptors (Lipinski definition) is 6. The molecule has 136 valence electrons. The molecule has 4 N–H and O–H groups in total. The molecule has 0 bridgehead atoms. The molecule has 2 aliphatic rings. The fourth-order valence-corrected chi connectivity index (χ4v) is 3.59. The lowest BCUT2D eigenvalue weighted by Gasteiger charge is -2.31. The third kappa shape index (κ3) is 4.41. The van der Waals surface area contributed by atoms with E-state index in [2.05, 4.69) is 26.3 Å². The molecule has 0 radical (unpaired) electrons. The molecule has 1 aliphatic heterocycles. The molecule has 0 atom stereocenters. The molecule has 1 aromatic heterocycles. The number of carbonyl (C=O) groups is 1. The standard InChI is InChI=1S/C18H27N5O2/c19-15-16(20-9-6-13-4-2-1-3-5-13)21-12-22-17(15)23-10-7-14(8-11-23)18(24)25/h4,12,14H,1-3,5-11,19H2,(H,24,25)(H,20,21,22). The van der Waals surface area contributed by atoms with Gasteiger partial charge < -0.3 is 21.1 Å². The Balaban J connectivity index is 1.58. The topological polar surface area (TPSA) is 104 Å². The fourth-order valence-electron chi connectivity index (χ4n) is 3.59. The molecule has 0 unspecified atom stereocenters. The maximum absolute atomic E-state index is 11.1. The van der Waals surface area contributed by atoms with Gasteiger partial charge in [0, 0.05) is 19.6 Å². The Morgan fingerprint density at radius 1 is 1.32 bits per heavy atom. The highest BCUT2D eigenvalue weighted by molar-refractivity contribution is 5.75. The number of carboxylic acid groups (broad SMARTS) is 1. The molecule has 3 rings (SSSR count). The molecule has 1 aliphatic carbocycles. The number of nitrogens with zero attached hydrogens (tertiary/aromatic N) is 3. The van der Waals surface area contributed by atoms with Crippen molar-refractivity contribution in [3.63, 3.8) is 0 Å². The lowest BCUT2D eigenvalue weighted by molar-refractivity contribution is -0.142. The van der Waals surface area contributed by atoms with E-state index in [1.54, 1.807) is 0 Å². The van der Waals surface area contributed by atoms with Crippen LogP contribution in [0, 0.1) is 5.92 Å². The van der Waals surface area contributed by atoms with Crippen LogP contribution in [0.1, 0.15) is 44.9 Å². The van der Waals surface area contributed by atoms with Gasteiger partial charge in [0.2, 0.25) is 0 Å². The number of allylic oxidation sites excluding steroid dienone is 1. The second kappa shape index (κ2) is 8.18. The van der Waals surface area contributed by atoms with E-state index in [0.29, 0.717) is 43.3 Å². The minimum atomic E-state index is -0.713. The largest absolute Gasteiger partial charge is 0.481 e. The van der Waals surface area contributed by atoms with E-state index in [1.165, 1.54) is 37.6 Å². The van der Waals surface area contributed by atoms with Crippen LogP contribution >= 0.6 is 0 Å². The van der Waals surface area contributed by atoms with Gasteiger partial charge in [0.05, 0.1) is 5.92 Å². The van der Waals surface area contributed by atoms with Crippen LogP contribution in [0.3, 0.4) is 0 Å². The van der Waals surface area contributed by atoms with Gasteiger partial charge in [-0.3, -0.25) is 4.79 Å². The fraction of sp³-hybridized carbons (Fsp3) is 0.611. The van der Waals surface area contributed by atoms with Gasteiger partial charge in [-0.2, -0.15) is 0 Å². The zero-order chi connectivity index (χ0) is 17.6. The Morgan fingerprint density at radius 2 is 2.12 bits per heavy atom. The van der Waals surface area contributed by atoms with Gasteiger partial charge in [-0.1, -0.05) is 11.6 Å². The Kier molecular flexibility index (Phi) is 5.73. The second-order valence-corrected chi connectivity index (χ2v) is 6.84. The molecular weight excluding hydrogens is 318 g/mol. The highest BCUT2D eigenvalue weighted by atomic mass is 16.4. The molecule has 1 aromatic rings. The Morgan fingerprint density at radius 3 is 2.80 bits per heavy atom. The zero-order valence-corrected chi connectivity index (χ0v) is 14.6. The van der Waals surface area contributed by atoms with Crippen molar-refractivity contribution < 1.29 is 9.90 Å². The van der Waals surface area contributed by atoms with Crippen LogP contribution in [-0.4, -0.2) is 40.7 Å². The first-order valence-electron chi connectivity index (χ1n) is 9.15. The summed E-state index contributed by atoms with van der Waals surface area (Å²) in [6, 6.07) is 0. The number of rotatable bonds is 6. The van der Waals surface area contributed by atoms with Gasteiger partial charge >= 0.3 is 5.97 Å². The number of nitrogen functional groups attached to an aromatic ring is 1. The van der Waals surface area contributed by atoms with E-state index < -0.39 is 5.97 Å². The van der Waals surface area contributed by atoms with Crippen LogP contribution in [0.2, 0.25) is 0 Å². The zero-order valence-electron chi connectivity index (χ0n) is 14.6. The summed E-state index contributed by atoms with van der Waals surface area (Å²) in [6.45, 7) is 2.13. The lowest BCUT2D eigenvalue weighted by Crippen LogP contribution is -2.37. The van der Waals surface area contributed by atoms with Gasteiger partial charge in [-0.25, -0.2) is 9.97 Å². The number of nitrogens with two attached hydrogens (primary N) is 1. The highest BCUT2D eigenvalue weighted by Gasteiger charge is 2.26.